The van der Waals surface area contributed by atoms with Crippen molar-refractivity contribution in [3.8, 4) is 0 Å². The van der Waals surface area contributed by atoms with Crippen LogP contribution in [-0.2, 0) is 21.7 Å². The van der Waals surface area contributed by atoms with Crippen LogP contribution in [0.15, 0.2) is 24.7 Å². The summed E-state index contributed by atoms with van der Waals surface area (Å²) in [5.41, 5.74) is 6.13. The molecule has 0 bridgehead atoms. The van der Waals surface area contributed by atoms with Gasteiger partial charge in [0, 0.05) is 27.9 Å². The largest absolute Gasteiger partial charge is 0.159 e. The highest BCUT2D eigenvalue weighted by atomic mass is 15.1. The Kier molecular flexibility index (Phi) is 7.14. The van der Waals surface area contributed by atoms with Crippen LogP contribution < -0.4 is 0 Å². The van der Waals surface area contributed by atoms with Crippen molar-refractivity contribution in [1.29, 1.82) is 0 Å². The lowest BCUT2D eigenvalue weighted by atomic mass is 9.50. The minimum absolute atomic E-state index is 0.177. The number of nitrogens with zero attached hydrogens (tertiary/aromatic N) is 4. The van der Waals surface area contributed by atoms with Crippen LogP contribution in [-0.4, -0.2) is 20.4 Å². The Labute approximate surface area is 172 Å². The maximum Gasteiger partial charge on any atom is 0.0733 e. The normalized spacial score (nSPS) is 19.9. The molecule has 0 aromatic carbocycles. The zero-order chi connectivity index (χ0) is 22.0. The average molecular weight is 385 g/mol. The van der Waals surface area contributed by atoms with Gasteiger partial charge in [0.2, 0.25) is 0 Å². The number of fused-ring (bicyclic) bond motifs is 2. The molecule has 2 aliphatic carbocycles. The fourth-order valence-corrected chi connectivity index (χ4v) is 3.80. The van der Waals surface area contributed by atoms with Crippen LogP contribution in [0.4, 0.5) is 0 Å². The van der Waals surface area contributed by atoms with E-state index in [1.165, 1.54) is 16.7 Å². The van der Waals surface area contributed by atoms with E-state index < -0.39 is 0 Å². The zero-order valence-electron chi connectivity index (χ0n) is 20.1. The molecule has 2 aromatic heterocycles. The maximum absolute atomic E-state index is 4.16. The molecule has 0 unspecified atom stereocenters. The smallest absolute Gasteiger partial charge is 0.0733 e. The Morgan fingerprint density at radius 1 is 0.536 bits per heavy atom. The third-order valence-corrected chi connectivity index (χ3v) is 7.19. The van der Waals surface area contributed by atoms with Crippen molar-refractivity contribution in [3.63, 3.8) is 0 Å². The van der Waals surface area contributed by atoms with Gasteiger partial charge in [0.1, 0.15) is 0 Å². The molecule has 0 saturated heterocycles. The monoisotopic (exact) mass is 384 g/mol. The summed E-state index contributed by atoms with van der Waals surface area (Å²) < 4.78 is 0. The van der Waals surface area contributed by atoms with E-state index in [1.807, 2.05) is 40.1 Å². The number of rotatable bonds is 0. The van der Waals surface area contributed by atoms with Gasteiger partial charge in [-0.1, -0.05) is 83.1 Å². The number of aromatic nitrogens is 4. The second kappa shape index (κ2) is 8.26. The molecule has 0 atom stereocenters. The van der Waals surface area contributed by atoms with E-state index in [4.69, 9.17) is 0 Å². The summed E-state index contributed by atoms with van der Waals surface area (Å²) in [5.74, 6) is 0. The van der Waals surface area contributed by atoms with Gasteiger partial charge < -0.3 is 0 Å². The molecule has 28 heavy (non-hydrogen) atoms. The molecule has 0 aliphatic heterocycles. The lowest BCUT2D eigenvalue weighted by molar-refractivity contribution is 0.228. The first-order valence-corrected chi connectivity index (χ1v) is 10.6. The van der Waals surface area contributed by atoms with Crippen LogP contribution >= 0.6 is 0 Å². The summed E-state index contributed by atoms with van der Waals surface area (Å²) in [6.45, 7) is 26.0. The van der Waals surface area contributed by atoms with Gasteiger partial charge in [-0.05, 0) is 22.8 Å². The highest BCUT2D eigenvalue weighted by Gasteiger charge is 2.53. The van der Waals surface area contributed by atoms with Crippen LogP contribution in [0, 0.1) is 0 Å². The molecule has 0 saturated carbocycles. The summed E-state index contributed by atoms with van der Waals surface area (Å²) in [4.78, 5) is 0. The molecule has 2 aromatic rings. The summed E-state index contributed by atoms with van der Waals surface area (Å²) in [5, 5.41) is 15.9. The summed E-state index contributed by atoms with van der Waals surface area (Å²) in [7, 11) is 0. The van der Waals surface area contributed by atoms with Crippen LogP contribution in [0.1, 0.15) is 105 Å². The van der Waals surface area contributed by atoms with Crippen LogP contribution in [0.3, 0.4) is 0 Å². The second-order valence-corrected chi connectivity index (χ2v) is 9.11. The van der Waals surface area contributed by atoms with E-state index in [1.54, 1.807) is 6.20 Å². The van der Waals surface area contributed by atoms with Gasteiger partial charge in [0.25, 0.3) is 0 Å². The van der Waals surface area contributed by atoms with E-state index >= 15 is 0 Å². The Morgan fingerprint density at radius 3 is 1.32 bits per heavy atom. The first kappa shape index (κ1) is 24.2. The Hall–Kier alpha value is -1.84. The van der Waals surface area contributed by atoms with Crippen LogP contribution in [0.2, 0.25) is 0 Å². The van der Waals surface area contributed by atoms with Crippen molar-refractivity contribution in [3.05, 3.63) is 47.0 Å². The minimum Gasteiger partial charge on any atom is -0.159 e. The molecule has 4 heteroatoms. The van der Waals surface area contributed by atoms with Gasteiger partial charge in [0.15, 0.2) is 0 Å². The molecule has 0 spiro atoms. The standard InChI is InChI=1S/2C10H14N2.2C2H6/c1-9(2)7-5-11-12-6-8(7)10(9,3)4;1-9(2)7-5-6-11-12-8(7)10(9,3)4;2*1-2/h2*5-6H,1-4H3;2*1-2H3. The van der Waals surface area contributed by atoms with Crippen molar-refractivity contribution < 1.29 is 0 Å². The maximum atomic E-state index is 4.16. The molecule has 2 aliphatic rings. The van der Waals surface area contributed by atoms with Gasteiger partial charge in [-0.3, -0.25) is 0 Å². The zero-order valence-corrected chi connectivity index (χ0v) is 20.1. The molecule has 0 N–H and O–H groups in total. The molecule has 0 fully saturated rings. The number of hydrogen-bond donors (Lipinski definition) is 0. The second-order valence-electron chi connectivity index (χ2n) is 9.11. The van der Waals surface area contributed by atoms with Gasteiger partial charge in [0.05, 0.1) is 18.1 Å². The van der Waals surface area contributed by atoms with E-state index in [-0.39, 0.29) is 21.7 Å². The molecule has 0 amide bonds. The molecular formula is C24H40N4. The SMILES string of the molecule is CC.CC.CC1(C)c2ccnnc2C1(C)C.CC1(C)c2cnncc2C1(C)C. The van der Waals surface area contributed by atoms with Gasteiger partial charge in [-0.25, -0.2) is 0 Å². The fourth-order valence-electron chi connectivity index (χ4n) is 3.80. The average Bonchev–Trinajstić information content (AvgIpc) is 2.71. The Balaban J connectivity index is 0.000000238. The van der Waals surface area contributed by atoms with Gasteiger partial charge in [-0.15, -0.1) is 0 Å². The predicted octanol–water partition coefficient (Wildman–Crippen LogP) is 6.14. The quantitative estimate of drug-likeness (QED) is 0.547. The third kappa shape index (κ3) is 3.35. The van der Waals surface area contributed by atoms with Crippen LogP contribution in [0.25, 0.3) is 0 Å². The van der Waals surface area contributed by atoms with Crippen molar-refractivity contribution in [2.24, 2.45) is 0 Å². The molecule has 0 radical (unpaired) electrons. The Bertz CT molecular complexity index is 655. The Morgan fingerprint density at radius 2 is 0.929 bits per heavy atom. The van der Waals surface area contributed by atoms with E-state index in [0.29, 0.717) is 0 Å². The third-order valence-electron chi connectivity index (χ3n) is 7.19. The van der Waals surface area contributed by atoms with E-state index in [9.17, 15) is 0 Å². The summed E-state index contributed by atoms with van der Waals surface area (Å²) in [6, 6.07) is 2.08. The summed E-state index contributed by atoms with van der Waals surface area (Å²) in [6.07, 6.45) is 5.55. The first-order chi connectivity index (χ1) is 13.0. The van der Waals surface area contributed by atoms with Crippen LogP contribution in [0.5, 0.6) is 0 Å². The molecular weight excluding hydrogens is 344 g/mol. The van der Waals surface area contributed by atoms with Crippen molar-refractivity contribution in [1.82, 2.24) is 20.4 Å². The van der Waals surface area contributed by atoms with E-state index in [0.717, 1.165) is 5.69 Å². The highest BCUT2D eigenvalue weighted by molar-refractivity contribution is 5.50. The first-order valence-electron chi connectivity index (χ1n) is 10.6. The number of hydrogen-bond acceptors (Lipinski definition) is 4. The lowest BCUT2D eigenvalue weighted by Gasteiger charge is -2.53. The lowest BCUT2D eigenvalue weighted by Crippen LogP contribution is -2.51. The molecule has 4 rings (SSSR count). The van der Waals surface area contributed by atoms with Crippen molar-refractivity contribution >= 4 is 0 Å². The molecule has 156 valence electrons. The fraction of sp³-hybridized carbons (Fsp3) is 0.667. The molecule has 2 heterocycles. The van der Waals surface area contributed by atoms with Gasteiger partial charge in [-0.2, -0.15) is 20.4 Å². The highest BCUT2D eigenvalue weighted by Crippen LogP contribution is 2.55. The van der Waals surface area contributed by atoms with Crippen molar-refractivity contribution in [2.45, 2.75) is 105 Å². The summed E-state index contributed by atoms with van der Waals surface area (Å²) >= 11 is 0. The van der Waals surface area contributed by atoms with Gasteiger partial charge >= 0.3 is 0 Å². The van der Waals surface area contributed by atoms with E-state index in [2.05, 4.69) is 81.9 Å². The topological polar surface area (TPSA) is 51.6 Å². The predicted molar refractivity (Wildman–Crippen MR) is 119 cm³/mol. The minimum atomic E-state index is 0.177. The molecule has 4 nitrogen and oxygen atoms in total. The van der Waals surface area contributed by atoms with Crippen molar-refractivity contribution in [2.75, 3.05) is 0 Å².